The van der Waals surface area contributed by atoms with Crippen LogP contribution in [0.15, 0.2) is 36.5 Å². The smallest absolute Gasteiger partial charge is 0.0362 e. The predicted octanol–water partition coefficient (Wildman–Crippen LogP) is 1.63. The Hall–Kier alpha value is -0.820. The molecule has 1 aliphatic carbocycles. The molecule has 0 aromatic carbocycles. The first-order valence-electron chi connectivity index (χ1n) is 3.42. The van der Waals surface area contributed by atoms with Gasteiger partial charge in [0.25, 0.3) is 0 Å². The van der Waals surface area contributed by atoms with Crippen molar-refractivity contribution in [1.29, 1.82) is 0 Å². The molecule has 54 valence electrons. The van der Waals surface area contributed by atoms with Crippen LogP contribution in [0.1, 0.15) is 6.92 Å². The van der Waals surface area contributed by atoms with Crippen LogP contribution >= 0.6 is 0 Å². The summed E-state index contributed by atoms with van der Waals surface area (Å²) in [5.41, 5.74) is 8.09. The minimum atomic E-state index is 0.205. The monoisotopic (exact) mass is 135 g/mol. The molecule has 10 heavy (non-hydrogen) atoms. The highest BCUT2D eigenvalue weighted by Gasteiger charge is 2.39. The van der Waals surface area contributed by atoms with Gasteiger partial charge in [-0.1, -0.05) is 36.5 Å². The van der Waals surface area contributed by atoms with Crippen molar-refractivity contribution in [2.24, 2.45) is 11.7 Å². The molecule has 1 nitrogen and oxygen atoms in total. The molecule has 0 aromatic heterocycles. The lowest BCUT2D eigenvalue weighted by molar-refractivity contribution is 0.919. The van der Waals surface area contributed by atoms with E-state index in [9.17, 15) is 0 Å². The Labute approximate surface area is 61.9 Å². The Morgan fingerprint density at radius 2 is 2.20 bits per heavy atom. The standard InChI is InChI=1S/C9H13N/c1-4-5-6(2)8-7(3)9(8)10/h4-5,8-9H,1,3,10H2,2H3/b6-5+. The summed E-state index contributed by atoms with van der Waals surface area (Å²) in [6.07, 6.45) is 3.77. The van der Waals surface area contributed by atoms with Crippen LogP contribution in [0.5, 0.6) is 0 Å². The molecule has 1 heteroatoms. The summed E-state index contributed by atoms with van der Waals surface area (Å²) in [6, 6.07) is 0.205. The Balaban J connectivity index is 2.61. The van der Waals surface area contributed by atoms with Crippen LogP contribution in [0.4, 0.5) is 0 Å². The first-order valence-corrected chi connectivity index (χ1v) is 3.42. The fourth-order valence-electron chi connectivity index (χ4n) is 1.20. The predicted molar refractivity (Wildman–Crippen MR) is 44.6 cm³/mol. The van der Waals surface area contributed by atoms with Gasteiger partial charge in [0.2, 0.25) is 0 Å². The highest BCUT2D eigenvalue weighted by Crippen LogP contribution is 2.40. The van der Waals surface area contributed by atoms with Crippen LogP contribution < -0.4 is 5.73 Å². The molecule has 0 bridgehead atoms. The molecule has 0 radical (unpaired) electrons. The van der Waals surface area contributed by atoms with Gasteiger partial charge in [-0.15, -0.1) is 0 Å². The zero-order chi connectivity index (χ0) is 7.72. The number of nitrogens with two attached hydrogens (primary N) is 1. The van der Waals surface area contributed by atoms with Crippen LogP contribution in [0.3, 0.4) is 0 Å². The molecule has 0 spiro atoms. The van der Waals surface area contributed by atoms with Crippen molar-refractivity contribution >= 4 is 0 Å². The summed E-state index contributed by atoms with van der Waals surface area (Å²) in [7, 11) is 0. The lowest BCUT2D eigenvalue weighted by Crippen LogP contribution is -2.02. The van der Waals surface area contributed by atoms with E-state index < -0.39 is 0 Å². The van der Waals surface area contributed by atoms with Gasteiger partial charge in [-0.3, -0.25) is 0 Å². The van der Waals surface area contributed by atoms with Crippen molar-refractivity contribution in [2.45, 2.75) is 13.0 Å². The highest BCUT2D eigenvalue weighted by molar-refractivity contribution is 5.41. The van der Waals surface area contributed by atoms with E-state index >= 15 is 0 Å². The van der Waals surface area contributed by atoms with Crippen molar-refractivity contribution in [1.82, 2.24) is 0 Å². The van der Waals surface area contributed by atoms with Crippen molar-refractivity contribution in [3.8, 4) is 0 Å². The second-order valence-electron chi connectivity index (χ2n) is 2.72. The van der Waals surface area contributed by atoms with E-state index in [2.05, 4.69) is 20.1 Å². The fraction of sp³-hybridized carbons (Fsp3) is 0.333. The van der Waals surface area contributed by atoms with E-state index in [-0.39, 0.29) is 6.04 Å². The molecule has 1 rings (SSSR count). The molecule has 1 saturated carbocycles. The van der Waals surface area contributed by atoms with Gasteiger partial charge >= 0.3 is 0 Å². The highest BCUT2D eigenvalue weighted by atomic mass is 14.8. The summed E-state index contributed by atoms with van der Waals surface area (Å²) in [4.78, 5) is 0. The molecule has 0 heterocycles. The molecule has 2 unspecified atom stereocenters. The fourth-order valence-corrected chi connectivity index (χ4v) is 1.20. The molecular formula is C9H13N. The Morgan fingerprint density at radius 1 is 1.70 bits per heavy atom. The van der Waals surface area contributed by atoms with Gasteiger partial charge in [-0.2, -0.15) is 0 Å². The third-order valence-corrected chi connectivity index (χ3v) is 1.95. The van der Waals surface area contributed by atoms with Gasteiger partial charge in [0.1, 0.15) is 0 Å². The molecule has 1 fully saturated rings. The van der Waals surface area contributed by atoms with Gasteiger partial charge in [-0.05, 0) is 6.92 Å². The molecule has 2 atom stereocenters. The number of rotatable bonds is 2. The summed E-state index contributed by atoms with van der Waals surface area (Å²) in [5, 5.41) is 0. The van der Waals surface area contributed by atoms with Crippen molar-refractivity contribution in [3.05, 3.63) is 36.5 Å². The van der Waals surface area contributed by atoms with Gasteiger partial charge < -0.3 is 5.73 Å². The third kappa shape index (κ3) is 1.05. The average Bonchev–Trinajstić information content (AvgIpc) is 2.42. The Morgan fingerprint density at radius 3 is 2.50 bits per heavy atom. The summed E-state index contributed by atoms with van der Waals surface area (Å²) in [5.74, 6) is 0.429. The van der Waals surface area contributed by atoms with Crippen LogP contribution in [0, 0.1) is 5.92 Å². The van der Waals surface area contributed by atoms with Gasteiger partial charge in [0.05, 0.1) is 0 Å². The second-order valence-corrected chi connectivity index (χ2v) is 2.72. The van der Waals surface area contributed by atoms with Crippen molar-refractivity contribution in [2.75, 3.05) is 0 Å². The maximum absolute atomic E-state index is 5.67. The average molecular weight is 135 g/mol. The molecule has 2 N–H and O–H groups in total. The van der Waals surface area contributed by atoms with E-state index in [0.717, 1.165) is 5.57 Å². The van der Waals surface area contributed by atoms with Gasteiger partial charge in [-0.25, -0.2) is 0 Å². The molecule has 1 aliphatic rings. The SMILES string of the molecule is C=C/C=C(\C)C1C(=C)C1N. The number of allylic oxidation sites excluding steroid dienone is 2. The minimum Gasteiger partial charge on any atom is -0.323 e. The molecule has 0 aromatic rings. The molecule has 0 amide bonds. The van der Waals surface area contributed by atoms with E-state index in [1.165, 1.54) is 5.57 Å². The molecular weight excluding hydrogens is 122 g/mol. The zero-order valence-electron chi connectivity index (χ0n) is 6.30. The topological polar surface area (TPSA) is 26.0 Å². The normalized spacial score (nSPS) is 32.2. The number of hydrogen-bond donors (Lipinski definition) is 1. The van der Waals surface area contributed by atoms with Gasteiger partial charge in [0.15, 0.2) is 0 Å². The summed E-state index contributed by atoms with van der Waals surface area (Å²) >= 11 is 0. The maximum atomic E-state index is 5.67. The Kier molecular flexibility index (Phi) is 1.77. The van der Waals surface area contributed by atoms with Crippen LogP contribution in [-0.4, -0.2) is 6.04 Å². The first-order chi connectivity index (χ1) is 4.68. The minimum absolute atomic E-state index is 0.205. The van der Waals surface area contributed by atoms with Crippen LogP contribution in [-0.2, 0) is 0 Å². The van der Waals surface area contributed by atoms with E-state index in [1.54, 1.807) is 6.08 Å². The maximum Gasteiger partial charge on any atom is 0.0362 e. The second kappa shape index (κ2) is 2.43. The summed E-state index contributed by atoms with van der Waals surface area (Å²) in [6.45, 7) is 9.51. The molecule has 0 aliphatic heterocycles. The number of hydrogen-bond acceptors (Lipinski definition) is 1. The van der Waals surface area contributed by atoms with E-state index in [4.69, 9.17) is 5.73 Å². The molecule has 0 saturated heterocycles. The lowest BCUT2D eigenvalue weighted by atomic mass is 10.2. The van der Waals surface area contributed by atoms with Gasteiger partial charge in [0, 0.05) is 12.0 Å². The van der Waals surface area contributed by atoms with Crippen LogP contribution in [0.2, 0.25) is 0 Å². The quantitative estimate of drug-likeness (QED) is 0.452. The van der Waals surface area contributed by atoms with E-state index in [1.807, 2.05) is 6.08 Å². The largest absolute Gasteiger partial charge is 0.323 e. The van der Waals surface area contributed by atoms with E-state index in [0.29, 0.717) is 5.92 Å². The van der Waals surface area contributed by atoms with Crippen molar-refractivity contribution in [3.63, 3.8) is 0 Å². The lowest BCUT2D eigenvalue weighted by Gasteiger charge is -1.91. The zero-order valence-corrected chi connectivity index (χ0v) is 6.30. The Bertz CT molecular complexity index is 201. The van der Waals surface area contributed by atoms with Crippen LogP contribution in [0.25, 0.3) is 0 Å². The summed E-state index contributed by atoms with van der Waals surface area (Å²) < 4.78 is 0. The first kappa shape index (κ1) is 7.29. The third-order valence-electron chi connectivity index (χ3n) is 1.95. The van der Waals surface area contributed by atoms with Crippen molar-refractivity contribution < 1.29 is 0 Å².